The monoisotopic (exact) mass is 315 g/mol. The molecule has 1 saturated heterocycles. The molecule has 3 nitrogen and oxygen atoms in total. The zero-order chi connectivity index (χ0) is 13.3. The van der Waals surface area contributed by atoms with Crippen molar-refractivity contribution in [3.63, 3.8) is 0 Å². The molecule has 1 unspecified atom stereocenters. The van der Waals surface area contributed by atoms with Crippen molar-refractivity contribution < 1.29 is 14.3 Å². The fourth-order valence-corrected chi connectivity index (χ4v) is 2.64. The molecule has 1 N–H and O–H groups in total. The van der Waals surface area contributed by atoms with Crippen LogP contribution in [0.2, 0.25) is 0 Å². The number of benzene rings is 1. The second-order valence-electron chi connectivity index (χ2n) is 4.95. The number of piperidine rings is 1. The summed E-state index contributed by atoms with van der Waals surface area (Å²) in [5.41, 5.74) is -0.555. The van der Waals surface area contributed by atoms with E-state index < -0.39 is 11.4 Å². The topological polar surface area (TPSA) is 40.5 Å². The van der Waals surface area contributed by atoms with E-state index in [1.165, 1.54) is 18.2 Å². The molecule has 1 atom stereocenters. The van der Waals surface area contributed by atoms with Gasteiger partial charge in [0, 0.05) is 17.6 Å². The van der Waals surface area contributed by atoms with Crippen molar-refractivity contribution in [1.29, 1.82) is 0 Å². The van der Waals surface area contributed by atoms with E-state index in [0.29, 0.717) is 23.0 Å². The van der Waals surface area contributed by atoms with Gasteiger partial charge in [-0.25, -0.2) is 4.39 Å². The lowest BCUT2D eigenvalue weighted by Crippen LogP contribution is -2.48. The van der Waals surface area contributed by atoms with Crippen LogP contribution in [-0.4, -0.2) is 34.6 Å². The molecule has 18 heavy (non-hydrogen) atoms. The maximum atomic E-state index is 13.2. The molecule has 1 amide bonds. The molecular weight excluding hydrogens is 301 g/mol. The molecule has 0 aromatic heterocycles. The van der Waals surface area contributed by atoms with Crippen molar-refractivity contribution in [1.82, 2.24) is 4.90 Å². The highest BCUT2D eigenvalue weighted by Gasteiger charge is 2.31. The number of halogens is 2. The second kappa shape index (κ2) is 4.97. The van der Waals surface area contributed by atoms with Gasteiger partial charge in [-0.2, -0.15) is 0 Å². The van der Waals surface area contributed by atoms with Crippen molar-refractivity contribution in [2.75, 3.05) is 13.1 Å². The van der Waals surface area contributed by atoms with Gasteiger partial charge in [-0.15, -0.1) is 0 Å². The Hall–Kier alpha value is -0.940. The summed E-state index contributed by atoms with van der Waals surface area (Å²) in [6, 6.07) is 4.04. The third-order valence-electron chi connectivity index (χ3n) is 3.12. The molecule has 1 aliphatic rings. The van der Waals surface area contributed by atoms with Crippen molar-refractivity contribution in [2.24, 2.45) is 0 Å². The third-order valence-corrected chi connectivity index (χ3v) is 3.81. The Morgan fingerprint density at radius 3 is 2.94 bits per heavy atom. The van der Waals surface area contributed by atoms with Crippen LogP contribution < -0.4 is 0 Å². The van der Waals surface area contributed by atoms with Crippen LogP contribution in [0.1, 0.15) is 30.1 Å². The molecule has 0 aliphatic carbocycles. The van der Waals surface area contributed by atoms with Gasteiger partial charge in [0.2, 0.25) is 0 Å². The van der Waals surface area contributed by atoms with Crippen LogP contribution in [0.15, 0.2) is 22.7 Å². The predicted molar refractivity (Wildman–Crippen MR) is 69.9 cm³/mol. The molecule has 1 aliphatic heterocycles. The van der Waals surface area contributed by atoms with Crippen LogP contribution in [0.3, 0.4) is 0 Å². The third kappa shape index (κ3) is 2.90. The summed E-state index contributed by atoms with van der Waals surface area (Å²) in [5.74, 6) is -0.688. The van der Waals surface area contributed by atoms with E-state index in [1.807, 2.05) is 0 Å². The lowest BCUT2D eigenvalue weighted by Gasteiger charge is -2.37. The highest BCUT2D eigenvalue weighted by Crippen LogP contribution is 2.25. The molecule has 0 saturated carbocycles. The van der Waals surface area contributed by atoms with E-state index in [9.17, 15) is 14.3 Å². The van der Waals surface area contributed by atoms with Crippen LogP contribution in [0, 0.1) is 5.82 Å². The quantitative estimate of drug-likeness (QED) is 0.865. The van der Waals surface area contributed by atoms with Gasteiger partial charge in [-0.05, 0) is 53.9 Å². The summed E-state index contributed by atoms with van der Waals surface area (Å²) in [6.07, 6.45) is 1.44. The first-order valence-corrected chi connectivity index (χ1v) is 6.65. The van der Waals surface area contributed by atoms with Gasteiger partial charge in [-0.3, -0.25) is 4.79 Å². The van der Waals surface area contributed by atoms with Crippen LogP contribution in [0.25, 0.3) is 0 Å². The highest BCUT2D eigenvalue weighted by atomic mass is 79.9. The Balaban J connectivity index is 2.23. The minimum atomic E-state index is -0.853. The number of hydrogen-bond donors (Lipinski definition) is 1. The van der Waals surface area contributed by atoms with E-state index in [1.54, 1.807) is 11.8 Å². The van der Waals surface area contributed by atoms with Crippen molar-refractivity contribution >= 4 is 21.8 Å². The average molecular weight is 316 g/mol. The summed E-state index contributed by atoms with van der Waals surface area (Å²) < 4.78 is 13.8. The van der Waals surface area contributed by atoms with Crippen LogP contribution >= 0.6 is 15.9 Å². The fraction of sp³-hybridized carbons (Fsp3) is 0.462. The molecule has 5 heteroatoms. The number of aliphatic hydroxyl groups is 1. The minimum absolute atomic E-state index is 0.249. The van der Waals surface area contributed by atoms with Gasteiger partial charge < -0.3 is 10.0 Å². The first-order chi connectivity index (χ1) is 8.39. The molecule has 2 rings (SSSR count). The van der Waals surface area contributed by atoms with E-state index in [-0.39, 0.29) is 12.5 Å². The molecule has 0 bridgehead atoms. The standard InChI is InChI=1S/C13H15BrFNO2/c1-13(18)5-2-6-16(8-13)12(17)10-7-9(15)3-4-11(10)14/h3-4,7,18H,2,5-6,8H2,1H3. The maximum Gasteiger partial charge on any atom is 0.255 e. The first kappa shape index (κ1) is 13.5. The van der Waals surface area contributed by atoms with Crippen LogP contribution in [0.4, 0.5) is 4.39 Å². The molecule has 1 aromatic rings. The van der Waals surface area contributed by atoms with Gasteiger partial charge in [-0.1, -0.05) is 0 Å². The molecule has 1 aromatic carbocycles. The highest BCUT2D eigenvalue weighted by molar-refractivity contribution is 9.10. The number of nitrogens with zero attached hydrogens (tertiary/aromatic N) is 1. The summed E-state index contributed by atoms with van der Waals surface area (Å²) in [7, 11) is 0. The van der Waals surface area contributed by atoms with Gasteiger partial charge in [0.25, 0.3) is 5.91 Å². The zero-order valence-corrected chi connectivity index (χ0v) is 11.7. The van der Waals surface area contributed by atoms with E-state index in [4.69, 9.17) is 0 Å². The minimum Gasteiger partial charge on any atom is -0.388 e. The Morgan fingerprint density at radius 1 is 1.56 bits per heavy atom. The lowest BCUT2D eigenvalue weighted by molar-refractivity contribution is -0.0107. The lowest BCUT2D eigenvalue weighted by atomic mass is 9.94. The molecule has 98 valence electrons. The Labute approximate surface area is 114 Å². The van der Waals surface area contributed by atoms with E-state index in [0.717, 1.165) is 6.42 Å². The number of likely N-dealkylation sites (tertiary alicyclic amines) is 1. The molecule has 1 heterocycles. The maximum absolute atomic E-state index is 13.2. The van der Waals surface area contributed by atoms with Crippen molar-refractivity contribution in [3.8, 4) is 0 Å². The Bertz CT molecular complexity index is 476. The number of amides is 1. The first-order valence-electron chi connectivity index (χ1n) is 5.86. The normalized spacial score (nSPS) is 24.1. The van der Waals surface area contributed by atoms with Gasteiger partial charge in [0.05, 0.1) is 11.2 Å². The smallest absolute Gasteiger partial charge is 0.255 e. The largest absolute Gasteiger partial charge is 0.388 e. The van der Waals surface area contributed by atoms with Crippen molar-refractivity contribution in [2.45, 2.75) is 25.4 Å². The predicted octanol–water partition coefficient (Wildman–Crippen LogP) is 2.58. The Kier molecular flexibility index (Phi) is 3.73. The van der Waals surface area contributed by atoms with E-state index >= 15 is 0 Å². The van der Waals surface area contributed by atoms with Gasteiger partial charge in [0.15, 0.2) is 0 Å². The molecule has 0 radical (unpaired) electrons. The number of β-amino-alcohol motifs (C(OH)–C–C–N with tert-alkyl or cyclic N) is 1. The summed E-state index contributed by atoms with van der Waals surface area (Å²) >= 11 is 3.25. The van der Waals surface area contributed by atoms with Gasteiger partial charge >= 0.3 is 0 Å². The Morgan fingerprint density at radius 2 is 2.28 bits per heavy atom. The molecule has 1 fully saturated rings. The number of rotatable bonds is 1. The molecular formula is C13H15BrFNO2. The van der Waals surface area contributed by atoms with Crippen molar-refractivity contribution in [3.05, 3.63) is 34.1 Å². The summed E-state index contributed by atoms with van der Waals surface area (Å²) in [6.45, 7) is 2.60. The zero-order valence-electron chi connectivity index (χ0n) is 10.1. The number of hydrogen-bond acceptors (Lipinski definition) is 2. The summed E-state index contributed by atoms with van der Waals surface area (Å²) in [4.78, 5) is 13.9. The average Bonchev–Trinajstić information content (AvgIpc) is 2.30. The SMILES string of the molecule is CC1(O)CCCN(C(=O)c2cc(F)ccc2Br)C1. The van der Waals surface area contributed by atoms with Crippen LogP contribution in [0.5, 0.6) is 0 Å². The summed E-state index contributed by atoms with van der Waals surface area (Å²) in [5, 5.41) is 9.98. The van der Waals surface area contributed by atoms with E-state index in [2.05, 4.69) is 15.9 Å². The number of carbonyl (C=O) groups is 1. The number of carbonyl (C=O) groups excluding carboxylic acids is 1. The fourth-order valence-electron chi connectivity index (χ4n) is 2.23. The molecule has 0 spiro atoms. The van der Waals surface area contributed by atoms with Crippen LogP contribution in [-0.2, 0) is 0 Å². The second-order valence-corrected chi connectivity index (χ2v) is 5.81. The van der Waals surface area contributed by atoms with Gasteiger partial charge in [0.1, 0.15) is 5.82 Å².